The summed E-state index contributed by atoms with van der Waals surface area (Å²) in [5.74, 6) is 0. The molecule has 2 N–H and O–H groups in total. The largest absolute Gasteiger partial charge is 0.326 e. The van der Waals surface area contributed by atoms with Crippen molar-refractivity contribution in [3.05, 3.63) is 20.8 Å². The highest BCUT2D eigenvalue weighted by Crippen LogP contribution is 2.41. The lowest BCUT2D eigenvalue weighted by atomic mass is 9.96. The fourth-order valence-electron chi connectivity index (χ4n) is 2.95. The first-order valence-electron chi connectivity index (χ1n) is 6.73. The van der Waals surface area contributed by atoms with Crippen LogP contribution in [0.2, 0.25) is 0 Å². The fraction of sp³-hybridized carbons (Fsp3) is 0.714. The molecule has 1 aliphatic heterocycles. The van der Waals surface area contributed by atoms with Gasteiger partial charge in [-0.05, 0) is 67.7 Å². The molecule has 0 bridgehead atoms. The van der Waals surface area contributed by atoms with E-state index in [-0.39, 0.29) is 11.6 Å². The average molecular weight is 331 g/mol. The summed E-state index contributed by atoms with van der Waals surface area (Å²) in [4.78, 5) is 4.01. The second kappa shape index (κ2) is 5.61. The van der Waals surface area contributed by atoms with Crippen molar-refractivity contribution >= 4 is 27.3 Å². The molecule has 0 saturated carbocycles. The van der Waals surface area contributed by atoms with Gasteiger partial charge in [-0.2, -0.15) is 0 Å². The van der Waals surface area contributed by atoms with Crippen LogP contribution >= 0.6 is 27.3 Å². The van der Waals surface area contributed by atoms with E-state index in [2.05, 4.69) is 53.7 Å². The minimum atomic E-state index is 0.216. The molecule has 0 amide bonds. The van der Waals surface area contributed by atoms with E-state index >= 15 is 0 Å². The van der Waals surface area contributed by atoms with Gasteiger partial charge >= 0.3 is 0 Å². The molecule has 0 aromatic carbocycles. The molecule has 1 aromatic rings. The second-order valence-corrected chi connectivity index (χ2v) is 8.26. The predicted molar refractivity (Wildman–Crippen MR) is 83.0 cm³/mol. The van der Waals surface area contributed by atoms with Crippen LogP contribution in [0, 0.1) is 0 Å². The quantitative estimate of drug-likeness (QED) is 0.897. The van der Waals surface area contributed by atoms with E-state index < -0.39 is 0 Å². The monoisotopic (exact) mass is 330 g/mol. The number of thiophene rings is 1. The Kier molecular flexibility index (Phi) is 4.52. The molecule has 0 radical (unpaired) electrons. The van der Waals surface area contributed by atoms with E-state index in [1.165, 1.54) is 28.0 Å². The number of halogens is 1. The molecule has 1 aromatic heterocycles. The summed E-state index contributed by atoms with van der Waals surface area (Å²) in [6.07, 6.45) is 3.58. The van der Waals surface area contributed by atoms with Gasteiger partial charge in [0.1, 0.15) is 0 Å². The van der Waals surface area contributed by atoms with Gasteiger partial charge in [-0.3, -0.25) is 4.90 Å². The first-order chi connectivity index (χ1) is 8.45. The third-order valence-electron chi connectivity index (χ3n) is 4.06. The van der Waals surface area contributed by atoms with Crippen molar-refractivity contribution in [3.63, 3.8) is 0 Å². The van der Waals surface area contributed by atoms with Crippen molar-refractivity contribution in [3.8, 4) is 0 Å². The topological polar surface area (TPSA) is 29.3 Å². The van der Waals surface area contributed by atoms with E-state index in [0.29, 0.717) is 6.04 Å². The molecule has 1 saturated heterocycles. The number of hydrogen-bond donors (Lipinski definition) is 1. The van der Waals surface area contributed by atoms with Crippen LogP contribution in [-0.2, 0) is 0 Å². The van der Waals surface area contributed by atoms with Crippen molar-refractivity contribution in [2.45, 2.75) is 57.7 Å². The Morgan fingerprint density at radius 1 is 1.50 bits per heavy atom. The Labute approximate surface area is 123 Å². The van der Waals surface area contributed by atoms with Gasteiger partial charge in [0.15, 0.2) is 0 Å². The molecule has 4 heteroatoms. The van der Waals surface area contributed by atoms with Crippen LogP contribution in [0.5, 0.6) is 0 Å². The summed E-state index contributed by atoms with van der Waals surface area (Å²) in [6, 6.07) is 4.94. The highest BCUT2D eigenvalue weighted by Gasteiger charge is 2.39. The summed E-state index contributed by atoms with van der Waals surface area (Å²) in [5.41, 5.74) is 6.68. The lowest BCUT2D eigenvalue weighted by molar-refractivity contribution is 0.0986. The number of likely N-dealkylation sites (tertiary alicyclic amines) is 1. The molecular weight excluding hydrogens is 308 g/mol. The number of nitrogens with two attached hydrogens (primary N) is 1. The highest BCUT2D eigenvalue weighted by molar-refractivity contribution is 9.11. The molecule has 2 rings (SSSR count). The Morgan fingerprint density at radius 3 is 2.67 bits per heavy atom. The van der Waals surface area contributed by atoms with Crippen molar-refractivity contribution in [2.24, 2.45) is 5.73 Å². The van der Waals surface area contributed by atoms with Crippen LogP contribution in [0.4, 0.5) is 0 Å². The normalized spacial score (nSPS) is 23.2. The van der Waals surface area contributed by atoms with Gasteiger partial charge in [-0.25, -0.2) is 0 Å². The third kappa shape index (κ3) is 2.82. The van der Waals surface area contributed by atoms with E-state index in [1.54, 1.807) is 0 Å². The maximum absolute atomic E-state index is 6.41. The molecule has 18 heavy (non-hydrogen) atoms. The Balaban J connectivity index is 2.31. The Bertz CT molecular complexity index is 402. The van der Waals surface area contributed by atoms with Crippen molar-refractivity contribution < 1.29 is 0 Å². The van der Waals surface area contributed by atoms with Crippen molar-refractivity contribution in [1.82, 2.24) is 4.90 Å². The molecule has 1 fully saturated rings. The first-order valence-corrected chi connectivity index (χ1v) is 8.34. The van der Waals surface area contributed by atoms with E-state index in [0.717, 1.165) is 6.42 Å². The van der Waals surface area contributed by atoms with Gasteiger partial charge in [0.2, 0.25) is 0 Å². The maximum atomic E-state index is 6.41. The zero-order chi connectivity index (χ0) is 13.3. The van der Waals surface area contributed by atoms with Crippen LogP contribution < -0.4 is 5.73 Å². The molecule has 1 aliphatic rings. The fourth-order valence-corrected chi connectivity index (χ4v) is 4.56. The van der Waals surface area contributed by atoms with Crippen LogP contribution in [0.1, 0.15) is 51.0 Å². The van der Waals surface area contributed by atoms with Gasteiger partial charge in [0.05, 0.1) is 9.83 Å². The molecule has 2 unspecified atom stereocenters. The molecule has 0 aliphatic carbocycles. The van der Waals surface area contributed by atoms with Crippen molar-refractivity contribution in [1.29, 1.82) is 0 Å². The molecule has 2 atom stereocenters. The summed E-state index contributed by atoms with van der Waals surface area (Å²) in [6.45, 7) is 8.04. The molecular formula is C14H23BrN2S. The molecule has 2 nitrogen and oxygen atoms in total. The van der Waals surface area contributed by atoms with Crippen molar-refractivity contribution in [2.75, 3.05) is 6.54 Å². The van der Waals surface area contributed by atoms with E-state index in [1.807, 2.05) is 11.3 Å². The van der Waals surface area contributed by atoms with Crippen LogP contribution in [-0.4, -0.2) is 23.0 Å². The Hall–Kier alpha value is 0.1000. The van der Waals surface area contributed by atoms with Gasteiger partial charge in [-0.1, -0.05) is 6.92 Å². The number of hydrogen-bond acceptors (Lipinski definition) is 3. The molecule has 102 valence electrons. The lowest BCUT2D eigenvalue weighted by Gasteiger charge is -2.40. The van der Waals surface area contributed by atoms with Gasteiger partial charge in [0, 0.05) is 16.5 Å². The minimum Gasteiger partial charge on any atom is -0.326 e. The maximum Gasteiger partial charge on any atom is 0.0702 e. The van der Waals surface area contributed by atoms with E-state index in [4.69, 9.17) is 5.73 Å². The zero-order valence-electron chi connectivity index (χ0n) is 11.4. The molecule has 0 spiro atoms. The summed E-state index contributed by atoms with van der Waals surface area (Å²) in [5, 5.41) is 0. The average Bonchev–Trinajstić information content (AvgIpc) is 2.87. The minimum absolute atomic E-state index is 0.216. The summed E-state index contributed by atoms with van der Waals surface area (Å²) in [7, 11) is 0. The standard InChI is InChI=1S/C14H23BrN2S/c1-4-10(16)13(11-6-7-12(15)18-11)17-9-5-8-14(17,2)3/h6-7,10,13H,4-5,8-9,16H2,1-3H3. The van der Waals surface area contributed by atoms with Gasteiger partial charge < -0.3 is 5.73 Å². The van der Waals surface area contributed by atoms with Crippen LogP contribution in [0.3, 0.4) is 0 Å². The SMILES string of the molecule is CCC(N)C(c1ccc(Br)s1)N1CCCC1(C)C. The Morgan fingerprint density at radius 2 is 2.22 bits per heavy atom. The number of nitrogens with zero attached hydrogens (tertiary/aromatic N) is 1. The van der Waals surface area contributed by atoms with Gasteiger partial charge in [0.25, 0.3) is 0 Å². The summed E-state index contributed by atoms with van der Waals surface area (Å²) >= 11 is 5.39. The van der Waals surface area contributed by atoms with Gasteiger partial charge in [-0.15, -0.1) is 11.3 Å². The molecule has 2 heterocycles. The van der Waals surface area contributed by atoms with Crippen LogP contribution in [0.15, 0.2) is 15.9 Å². The van der Waals surface area contributed by atoms with E-state index in [9.17, 15) is 0 Å². The summed E-state index contributed by atoms with van der Waals surface area (Å²) < 4.78 is 1.20. The first kappa shape index (κ1) is 14.5. The number of rotatable bonds is 4. The third-order valence-corrected chi connectivity index (χ3v) is 5.76. The lowest BCUT2D eigenvalue weighted by Crippen LogP contribution is -2.47. The highest BCUT2D eigenvalue weighted by atomic mass is 79.9. The zero-order valence-corrected chi connectivity index (χ0v) is 13.9. The smallest absolute Gasteiger partial charge is 0.0702 e. The van der Waals surface area contributed by atoms with Crippen LogP contribution in [0.25, 0.3) is 0 Å². The predicted octanol–water partition coefficient (Wildman–Crippen LogP) is 4.16. The second-order valence-electron chi connectivity index (χ2n) is 5.77.